The van der Waals surface area contributed by atoms with Gasteiger partial charge in [0.1, 0.15) is 19.0 Å². The highest BCUT2D eigenvalue weighted by Crippen LogP contribution is 2.18. The number of non-ortho nitro benzene ring substituents is 1. The Morgan fingerprint density at radius 3 is 2.73 bits per heavy atom. The molecule has 0 spiro atoms. The molecule has 0 amide bonds. The molecule has 0 aliphatic carbocycles. The van der Waals surface area contributed by atoms with E-state index >= 15 is 0 Å². The van der Waals surface area contributed by atoms with Gasteiger partial charge in [-0.1, -0.05) is 12.1 Å². The van der Waals surface area contributed by atoms with E-state index in [1.807, 2.05) is 0 Å². The molecule has 0 radical (unpaired) electrons. The minimum absolute atomic E-state index is 0.0300. The Hall–Kier alpha value is -2.93. The summed E-state index contributed by atoms with van der Waals surface area (Å²) in [6.45, 7) is 1.25. The molecule has 1 fully saturated rings. The van der Waals surface area contributed by atoms with Gasteiger partial charge in [-0.2, -0.15) is 0 Å². The zero-order chi connectivity index (χ0) is 18.4. The van der Waals surface area contributed by atoms with Crippen molar-refractivity contribution in [2.75, 3.05) is 13.2 Å². The van der Waals surface area contributed by atoms with Crippen molar-refractivity contribution in [3.8, 4) is 5.75 Å². The fraction of sp³-hybridized carbons (Fsp3) is 0.316. The minimum atomic E-state index is -0.498. The lowest BCUT2D eigenvalue weighted by Crippen LogP contribution is -2.16. The lowest BCUT2D eigenvalue weighted by molar-refractivity contribution is -0.384. The van der Waals surface area contributed by atoms with Gasteiger partial charge in [0.05, 0.1) is 16.6 Å². The van der Waals surface area contributed by atoms with E-state index in [0.717, 1.165) is 19.4 Å². The molecule has 1 atom stereocenters. The van der Waals surface area contributed by atoms with Crippen LogP contribution in [0.2, 0.25) is 0 Å². The largest absolute Gasteiger partial charge is 0.491 e. The van der Waals surface area contributed by atoms with Crippen molar-refractivity contribution in [2.45, 2.75) is 25.6 Å². The summed E-state index contributed by atoms with van der Waals surface area (Å²) in [5.74, 6) is 0.165. The molecule has 3 rings (SSSR count). The lowest BCUT2D eigenvalue weighted by atomic mass is 10.2. The first-order valence-electron chi connectivity index (χ1n) is 8.37. The van der Waals surface area contributed by atoms with Crippen LogP contribution in [-0.2, 0) is 16.1 Å². The van der Waals surface area contributed by atoms with Crippen LogP contribution in [0, 0.1) is 10.1 Å². The Morgan fingerprint density at radius 2 is 2.04 bits per heavy atom. The molecular formula is C19H19NO6. The summed E-state index contributed by atoms with van der Waals surface area (Å²) in [6, 6.07) is 12.7. The fourth-order valence-electron chi connectivity index (χ4n) is 2.64. The van der Waals surface area contributed by atoms with Crippen LogP contribution in [0.25, 0.3) is 0 Å². The van der Waals surface area contributed by atoms with Crippen molar-refractivity contribution in [2.24, 2.45) is 0 Å². The van der Waals surface area contributed by atoms with Gasteiger partial charge in [0.2, 0.25) is 0 Å². The third-order valence-corrected chi connectivity index (χ3v) is 4.04. The maximum Gasteiger partial charge on any atom is 0.338 e. The maximum atomic E-state index is 12.1. The van der Waals surface area contributed by atoms with Gasteiger partial charge in [-0.15, -0.1) is 0 Å². The molecule has 1 heterocycles. The summed E-state index contributed by atoms with van der Waals surface area (Å²) in [5.41, 5.74) is 0.912. The highest BCUT2D eigenvalue weighted by molar-refractivity contribution is 5.89. The van der Waals surface area contributed by atoms with E-state index in [0.29, 0.717) is 23.5 Å². The Kier molecular flexibility index (Phi) is 5.80. The van der Waals surface area contributed by atoms with E-state index in [-0.39, 0.29) is 18.4 Å². The van der Waals surface area contributed by atoms with Crippen molar-refractivity contribution in [1.82, 2.24) is 0 Å². The van der Waals surface area contributed by atoms with Gasteiger partial charge in [0, 0.05) is 18.7 Å². The smallest absolute Gasteiger partial charge is 0.338 e. The van der Waals surface area contributed by atoms with E-state index < -0.39 is 10.9 Å². The van der Waals surface area contributed by atoms with Crippen LogP contribution < -0.4 is 4.74 Å². The van der Waals surface area contributed by atoms with Crippen LogP contribution in [0.15, 0.2) is 48.5 Å². The zero-order valence-corrected chi connectivity index (χ0v) is 14.1. The SMILES string of the molecule is O=C(OCc1cccc([N+](=O)[O-])c1)c1ccc(OCC2CCCO2)cc1. The number of nitro benzene ring substituents is 1. The van der Waals surface area contributed by atoms with Crippen molar-refractivity contribution < 1.29 is 23.9 Å². The van der Waals surface area contributed by atoms with Crippen LogP contribution in [0.4, 0.5) is 5.69 Å². The quantitative estimate of drug-likeness (QED) is 0.428. The van der Waals surface area contributed by atoms with Gasteiger partial charge in [0.25, 0.3) is 5.69 Å². The Morgan fingerprint density at radius 1 is 1.23 bits per heavy atom. The summed E-state index contributed by atoms with van der Waals surface area (Å²) >= 11 is 0. The molecule has 0 bridgehead atoms. The molecule has 7 heteroatoms. The molecule has 7 nitrogen and oxygen atoms in total. The van der Waals surface area contributed by atoms with Gasteiger partial charge < -0.3 is 14.2 Å². The van der Waals surface area contributed by atoms with E-state index in [1.165, 1.54) is 12.1 Å². The van der Waals surface area contributed by atoms with Crippen molar-refractivity contribution in [3.63, 3.8) is 0 Å². The van der Waals surface area contributed by atoms with Gasteiger partial charge in [0.15, 0.2) is 0 Å². The third-order valence-electron chi connectivity index (χ3n) is 4.04. The second-order valence-corrected chi connectivity index (χ2v) is 5.97. The monoisotopic (exact) mass is 357 g/mol. The molecule has 2 aromatic carbocycles. The molecule has 0 saturated carbocycles. The minimum Gasteiger partial charge on any atom is -0.491 e. The third kappa shape index (κ3) is 4.80. The average molecular weight is 357 g/mol. The topological polar surface area (TPSA) is 87.9 Å². The van der Waals surface area contributed by atoms with Gasteiger partial charge in [-0.05, 0) is 42.7 Å². The van der Waals surface area contributed by atoms with Crippen molar-refractivity contribution in [1.29, 1.82) is 0 Å². The van der Waals surface area contributed by atoms with Crippen LogP contribution in [0.1, 0.15) is 28.8 Å². The average Bonchev–Trinajstić information content (AvgIpc) is 3.19. The number of nitro groups is 1. The second kappa shape index (κ2) is 8.44. The predicted molar refractivity (Wildman–Crippen MR) is 93.1 cm³/mol. The Balaban J connectivity index is 1.51. The van der Waals surface area contributed by atoms with Crippen LogP contribution in [0.3, 0.4) is 0 Å². The second-order valence-electron chi connectivity index (χ2n) is 5.97. The van der Waals surface area contributed by atoms with E-state index in [9.17, 15) is 14.9 Å². The van der Waals surface area contributed by atoms with Crippen molar-refractivity contribution in [3.05, 3.63) is 69.8 Å². The molecule has 136 valence electrons. The van der Waals surface area contributed by atoms with E-state index in [4.69, 9.17) is 14.2 Å². The Labute approximate surface area is 150 Å². The van der Waals surface area contributed by atoms with Gasteiger partial charge >= 0.3 is 5.97 Å². The summed E-state index contributed by atoms with van der Waals surface area (Å²) < 4.78 is 16.3. The summed E-state index contributed by atoms with van der Waals surface area (Å²) in [4.78, 5) is 22.4. The van der Waals surface area contributed by atoms with Gasteiger partial charge in [-0.25, -0.2) is 4.79 Å². The van der Waals surface area contributed by atoms with Gasteiger partial charge in [-0.3, -0.25) is 10.1 Å². The predicted octanol–water partition coefficient (Wildman–Crippen LogP) is 3.51. The van der Waals surface area contributed by atoms with E-state index in [2.05, 4.69) is 0 Å². The molecule has 1 saturated heterocycles. The number of esters is 1. The molecule has 26 heavy (non-hydrogen) atoms. The molecule has 0 N–H and O–H groups in total. The number of nitrogens with zero attached hydrogens (tertiary/aromatic N) is 1. The number of carbonyl (C=O) groups is 1. The molecule has 1 unspecified atom stereocenters. The normalized spacial score (nSPS) is 16.2. The molecular weight excluding hydrogens is 338 g/mol. The number of carbonyl (C=O) groups excluding carboxylic acids is 1. The van der Waals surface area contributed by atoms with Crippen LogP contribution >= 0.6 is 0 Å². The zero-order valence-electron chi connectivity index (χ0n) is 14.1. The summed E-state index contributed by atoms with van der Waals surface area (Å²) in [6.07, 6.45) is 2.19. The Bertz CT molecular complexity index is 768. The number of ether oxygens (including phenoxy) is 3. The van der Waals surface area contributed by atoms with Crippen LogP contribution in [0.5, 0.6) is 5.75 Å². The van der Waals surface area contributed by atoms with Crippen molar-refractivity contribution >= 4 is 11.7 Å². The summed E-state index contributed by atoms with van der Waals surface area (Å²) in [7, 11) is 0. The highest BCUT2D eigenvalue weighted by atomic mass is 16.6. The van der Waals surface area contributed by atoms with Crippen LogP contribution in [-0.4, -0.2) is 30.2 Å². The molecule has 1 aliphatic rings. The fourth-order valence-corrected chi connectivity index (χ4v) is 2.64. The number of hydrogen-bond acceptors (Lipinski definition) is 6. The number of rotatable bonds is 7. The molecule has 0 aromatic heterocycles. The maximum absolute atomic E-state index is 12.1. The lowest BCUT2D eigenvalue weighted by Gasteiger charge is -2.11. The molecule has 2 aromatic rings. The highest BCUT2D eigenvalue weighted by Gasteiger charge is 2.16. The first kappa shape index (κ1) is 17.9. The number of benzene rings is 2. The standard InChI is InChI=1S/C19H19NO6/c21-19(26-12-14-3-1-4-16(11-14)20(22)23)15-6-8-17(9-7-15)25-13-18-5-2-10-24-18/h1,3-4,6-9,11,18H,2,5,10,12-13H2. The number of hydrogen-bond donors (Lipinski definition) is 0. The summed E-state index contributed by atoms with van der Waals surface area (Å²) in [5, 5.41) is 10.8. The first-order valence-corrected chi connectivity index (χ1v) is 8.37. The van der Waals surface area contributed by atoms with E-state index in [1.54, 1.807) is 36.4 Å². The molecule has 1 aliphatic heterocycles. The first-order chi connectivity index (χ1) is 12.6.